The molecule has 0 aliphatic rings. The van der Waals surface area contributed by atoms with Gasteiger partial charge in [0.25, 0.3) is 5.91 Å². The minimum atomic E-state index is 0.0292. The average molecular weight is 228 g/mol. The molecule has 1 rings (SSSR count). The maximum atomic E-state index is 11.7. The molecule has 1 aromatic rings. The lowest BCUT2D eigenvalue weighted by molar-refractivity contribution is 0.0796. The number of unbranched alkanes of at least 4 members (excludes halogenated alkanes) is 2. The SMILES string of the molecule is CN(CCCCCO)C(=O)c1cncs1. The predicted octanol–water partition coefficient (Wildman–Crippen LogP) is 1.38. The van der Waals surface area contributed by atoms with Crippen molar-refractivity contribution in [2.45, 2.75) is 19.3 Å². The van der Waals surface area contributed by atoms with Gasteiger partial charge in [-0.15, -0.1) is 11.3 Å². The smallest absolute Gasteiger partial charge is 0.265 e. The van der Waals surface area contributed by atoms with Crippen molar-refractivity contribution in [2.24, 2.45) is 0 Å². The molecule has 0 bridgehead atoms. The van der Waals surface area contributed by atoms with Crippen LogP contribution in [0.3, 0.4) is 0 Å². The van der Waals surface area contributed by atoms with Crippen molar-refractivity contribution in [2.75, 3.05) is 20.2 Å². The highest BCUT2D eigenvalue weighted by Gasteiger charge is 2.12. The Labute approximate surface area is 93.6 Å². The van der Waals surface area contributed by atoms with Gasteiger partial charge in [0.05, 0.1) is 11.7 Å². The highest BCUT2D eigenvalue weighted by atomic mass is 32.1. The Bertz CT molecular complexity index is 288. The largest absolute Gasteiger partial charge is 0.396 e. The van der Waals surface area contributed by atoms with Crippen molar-refractivity contribution in [1.82, 2.24) is 9.88 Å². The summed E-state index contributed by atoms with van der Waals surface area (Å²) in [6.45, 7) is 0.962. The summed E-state index contributed by atoms with van der Waals surface area (Å²) in [6, 6.07) is 0. The molecule has 0 aromatic carbocycles. The standard InChI is InChI=1S/C10H16N2O2S/c1-12(5-3-2-4-6-13)10(14)9-7-11-8-15-9/h7-8,13H,2-6H2,1H3. The Morgan fingerprint density at radius 1 is 1.53 bits per heavy atom. The minimum absolute atomic E-state index is 0.0292. The van der Waals surface area contributed by atoms with E-state index < -0.39 is 0 Å². The van der Waals surface area contributed by atoms with Crippen LogP contribution >= 0.6 is 11.3 Å². The van der Waals surface area contributed by atoms with E-state index in [1.165, 1.54) is 11.3 Å². The molecule has 1 N–H and O–H groups in total. The number of hydrogen-bond donors (Lipinski definition) is 1. The van der Waals surface area contributed by atoms with Gasteiger partial charge in [0.1, 0.15) is 4.88 Å². The quantitative estimate of drug-likeness (QED) is 0.748. The van der Waals surface area contributed by atoms with Crippen LogP contribution in [0, 0.1) is 0 Å². The Balaban J connectivity index is 2.28. The molecule has 0 unspecified atom stereocenters. The van der Waals surface area contributed by atoms with Crippen molar-refractivity contribution in [3.05, 3.63) is 16.6 Å². The van der Waals surface area contributed by atoms with E-state index in [4.69, 9.17) is 5.11 Å². The number of amides is 1. The summed E-state index contributed by atoms with van der Waals surface area (Å²) in [5, 5.41) is 8.60. The third kappa shape index (κ3) is 3.97. The van der Waals surface area contributed by atoms with Crippen LogP contribution in [0.2, 0.25) is 0 Å². The molecule has 1 aromatic heterocycles. The summed E-state index contributed by atoms with van der Waals surface area (Å²) in [5.41, 5.74) is 1.66. The normalized spacial score (nSPS) is 10.3. The second kappa shape index (κ2) is 6.53. The van der Waals surface area contributed by atoms with Gasteiger partial charge in [-0.3, -0.25) is 9.78 Å². The predicted molar refractivity (Wildman–Crippen MR) is 60.0 cm³/mol. The zero-order chi connectivity index (χ0) is 11.1. The molecule has 84 valence electrons. The van der Waals surface area contributed by atoms with Gasteiger partial charge in [0.15, 0.2) is 0 Å². The molecule has 0 spiro atoms. The highest BCUT2D eigenvalue weighted by Crippen LogP contribution is 2.09. The highest BCUT2D eigenvalue weighted by molar-refractivity contribution is 7.11. The lowest BCUT2D eigenvalue weighted by Crippen LogP contribution is -2.27. The topological polar surface area (TPSA) is 53.4 Å². The van der Waals surface area contributed by atoms with E-state index in [9.17, 15) is 4.79 Å². The van der Waals surface area contributed by atoms with Crippen LogP contribution in [-0.2, 0) is 0 Å². The zero-order valence-corrected chi connectivity index (χ0v) is 9.66. The van der Waals surface area contributed by atoms with Crippen LogP contribution in [-0.4, -0.2) is 41.1 Å². The van der Waals surface area contributed by atoms with E-state index in [1.54, 1.807) is 23.7 Å². The fourth-order valence-electron chi connectivity index (χ4n) is 1.25. The van der Waals surface area contributed by atoms with Crippen molar-refractivity contribution in [1.29, 1.82) is 0 Å². The molecule has 0 saturated heterocycles. The second-order valence-electron chi connectivity index (χ2n) is 3.38. The Morgan fingerprint density at radius 2 is 2.33 bits per heavy atom. The van der Waals surface area contributed by atoms with Crippen LogP contribution in [0.5, 0.6) is 0 Å². The van der Waals surface area contributed by atoms with Gasteiger partial charge in [-0.25, -0.2) is 0 Å². The number of aliphatic hydroxyl groups excluding tert-OH is 1. The van der Waals surface area contributed by atoms with E-state index in [0.717, 1.165) is 25.8 Å². The zero-order valence-electron chi connectivity index (χ0n) is 8.85. The van der Waals surface area contributed by atoms with Gasteiger partial charge < -0.3 is 10.0 Å². The maximum Gasteiger partial charge on any atom is 0.265 e. The summed E-state index contributed by atoms with van der Waals surface area (Å²) in [7, 11) is 1.79. The van der Waals surface area contributed by atoms with Crippen molar-refractivity contribution in [3.63, 3.8) is 0 Å². The summed E-state index contributed by atoms with van der Waals surface area (Å²) in [6.07, 6.45) is 4.29. The van der Waals surface area contributed by atoms with Crippen LogP contribution in [0.25, 0.3) is 0 Å². The summed E-state index contributed by atoms with van der Waals surface area (Å²) in [5.74, 6) is 0.0292. The first-order valence-corrected chi connectivity index (χ1v) is 5.88. The molecular formula is C10H16N2O2S. The third-order valence-electron chi connectivity index (χ3n) is 2.14. The molecule has 4 nitrogen and oxygen atoms in total. The molecular weight excluding hydrogens is 212 g/mol. The maximum absolute atomic E-state index is 11.7. The van der Waals surface area contributed by atoms with E-state index >= 15 is 0 Å². The fourth-order valence-corrected chi connectivity index (χ4v) is 1.86. The Morgan fingerprint density at radius 3 is 2.93 bits per heavy atom. The van der Waals surface area contributed by atoms with Gasteiger partial charge in [-0.05, 0) is 19.3 Å². The van der Waals surface area contributed by atoms with E-state index in [0.29, 0.717) is 4.88 Å². The fraction of sp³-hybridized carbons (Fsp3) is 0.600. The number of thiazole rings is 1. The second-order valence-corrected chi connectivity index (χ2v) is 4.26. The number of aromatic nitrogens is 1. The molecule has 5 heteroatoms. The first kappa shape index (κ1) is 12.1. The van der Waals surface area contributed by atoms with Crippen molar-refractivity contribution in [3.8, 4) is 0 Å². The Kier molecular flexibility index (Phi) is 5.28. The Hall–Kier alpha value is -0.940. The average Bonchev–Trinajstić information content (AvgIpc) is 2.76. The molecule has 1 heterocycles. The number of nitrogens with zero attached hydrogens (tertiary/aromatic N) is 2. The van der Waals surface area contributed by atoms with Crippen LogP contribution in [0.1, 0.15) is 28.9 Å². The number of hydrogen-bond acceptors (Lipinski definition) is 4. The molecule has 15 heavy (non-hydrogen) atoms. The van der Waals surface area contributed by atoms with Gasteiger partial charge in [-0.1, -0.05) is 0 Å². The minimum Gasteiger partial charge on any atom is -0.396 e. The van der Waals surface area contributed by atoms with Gasteiger partial charge >= 0.3 is 0 Å². The lowest BCUT2D eigenvalue weighted by Gasteiger charge is -2.15. The lowest BCUT2D eigenvalue weighted by atomic mass is 10.2. The number of carbonyl (C=O) groups is 1. The molecule has 0 fully saturated rings. The van der Waals surface area contributed by atoms with E-state index in [1.807, 2.05) is 0 Å². The third-order valence-corrected chi connectivity index (χ3v) is 2.90. The molecule has 0 aliphatic carbocycles. The van der Waals surface area contributed by atoms with Gasteiger partial charge in [0, 0.05) is 20.2 Å². The van der Waals surface area contributed by atoms with Crippen molar-refractivity contribution >= 4 is 17.2 Å². The summed E-state index contributed by atoms with van der Waals surface area (Å²) >= 11 is 1.36. The van der Waals surface area contributed by atoms with E-state index in [2.05, 4.69) is 4.98 Å². The number of aliphatic hydroxyl groups is 1. The van der Waals surface area contributed by atoms with E-state index in [-0.39, 0.29) is 12.5 Å². The molecule has 0 aliphatic heterocycles. The van der Waals surface area contributed by atoms with Crippen LogP contribution in [0.4, 0.5) is 0 Å². The summed E-state index contributed by atoms with van der Waals surface area (Å²) < 4.78 is 0. The molecule has 0 radical (unpaired) electrons. The number of carbonyl (C=O) groups excluding carboxylic acids is 1. The van der Waals surface area contributed by atoms with Gasteiger partial charge in [0.2, 0.25) is 0 Å². The molecule has 0 atom stereocenters. The number of rotatable bonds is 6. The molecule has 1 amide bonds. The first-order valence-electron chi connectivity index (χ1n) is 5.00. The van der Waals surface area contributed by atoms with Crippen LogP contribution in [0.15, 0.2) is 11.7 Å². The summed E-state index contributed by atoms with van der Waals surface area (Å²) in [4.78, 5) is 18.0. The monoisotopic (exact) mass is 228 g/mol. The van der Waals surface area contributed by atoms with Crippen LogP contribution < -0.4 is 0 Å². The van der Waals surface area contributed by atoms with Crippen molar-refractivity contribution < 1.29 is 9.90 Å². The molecule has 0 saturated carbocycles. The first-order chi connectivity index (χ1) is 7.25. The van der Waals surface area contributed by atoms with Gasteiger partial charge in [-0.2, -0.15) is 0 Å².